The molecular formula is C34H35F3N4O6S. The third-order valence-electron chi connectivity index (χ3n) is 8.15. The third kappa shape index (κ3) is 8.04. The van der Waals surface area contributed by atoms with Crippen LogP contribution in [-0.2, 0) is 32.2 Å². The Morgan fingerprint density at radius 2 is 1.71 bits per heavy atom. The molecule has 1 unspecified atom stereocenters. The van der Waals surface area contributed by atoms with Crippen molar-refractivity contribution in [2.75, 3.05) is 32.5 Å². The van der Waals surface area contributed by atoms with Crippen molar-refractivity contribution in [3.05, 3.63) is 95.8 Å². The minimum Gasteiger partial charge on any atom is -0.416 e. The first-order valence-corrected chi connectivity index (χ1v) is 16.3. The molecule has 10 nitrogen and oxygen atoms in total. The number of hydrogen-bond donors (Lipinski definition) is 2. The fraction of sp³-hybridized carbons (Fsp3) is 0.324. The lowest BCUT2D eigenvalue weighted by Crippen LogP contribution is -2.54. The molecule has 48 heavy (non-hydrogen) atoms. The van der Waals surface area contributed by atoms with Gasteiger partial charge < -0.3 is 20.1 Å². The van der Waals surface area contributed by atoms with Gasteiger partial charge in [0.05, 0.1) is 27.9 Å². The van der Waals surface area contributed by atoms with Gasteiger partial charge in [-0.05, 0) is 66.8 Å². The number of ether oxygens (including phenoxy) is 1. The van der Waals surface area contributed by atoms with Gasteiger partial charge in [0.25, 0.3) is 5.91 Å². The lowest BCUT2D eigenvalue weighted by molar-refractivity contribution is -0.142. The molecule has 254 valence electrons. The molecule has 1 atom stereocenters. The Balaban J connectivity index is 1.66. The second-order valence-corrected chi connectivity index (χ2v) is 13.9. The van der Waals surface area contributed by atoms with E-state index in [1.165, 1.54) is 44.1 Å². The number of piperidine rings is 1. The van der Waals surface area contributed by atoms with Gasteiger partial charge in [0.2, 0.25) is 10.0 Å². The van der Waals surface area contributed by atoms with Gasteiger partial charge >= 0.3 is 12.3 Å². The van der Waals surface area contributed by atoms with E-state index in [1.807, 2.05) is 0 Å². The molecule has 1 aliphatic rings. The quantitative estimate of drug-likeness (QED) is 0.272. The number of alkyl halides is 3. The van der Waals surface area contributed by atoms with Gasteiger partial charge in [-0.25, -0.2) is 17.5 Å². The van der Waals surface area contributed by atoms with Crippen molar-refractivity contribution >= 4 is 27.7 Å². The van der Waals surface area contributed by atoms with Gasteiger partial charge in [-0.15, -0.1) is 0 Å². The van der Waals surface area contributed by atoms with Crippen molar-refractivity contribution in [1.82, 2.24) is 9.21 Å². The molecular weight excluding hydrogens is 649 g/mol. The largest absolute Gasteiger partial charge is 0.417 e. The second-order valence-electron chi connectivity index (χ2n) is 11.8. The minimum atomic E-state index is -4.86. The van der Waals surface area contributed by atoms with Crippen LogP contribution in [0.4, 0.5) is 23.7 Å². The molecule has 2 amide bonds. The molecule has 1 heterocycles. The summed E-state index contributed by atoms with van der Waals surface area (Å²) in [5, 5.41) is 23.7. The number of nitrogens with zero attached hydrogens (tertiary/aromatic N) is 3. The van der Waals surface area contributed by atoms with Crippen LogP contribution < -0.4 is 5.32 Å². The van der Waals surface area contributed by atoms with Crippen LogP contribution in [0.1, 0.15) is 36.5 Å². The highest BCUT2D eigenvalue weighted by Crippen LogP contribution is 2.36. The first kappa shape index (κ1) is 36.1. The highest BCUT2D eigenvalue weighted by Gasteiger charge is 2.46. The highest BCUT2D eigenvalue weighted by atomic mass is 32.2. The van der Waals surface area contributed by atoms with Crippen molar-refractivity contribution < 1.29 is 41.0 Å². The zero-order valence-corrected chi connectivity index (χ0v) is 27.4. The Hall–Kier alpha value is -4.71. The van der Waals surface area contributed by atoms with E-state index in [0.717, 1.165) is 16.4 Å². The molecule has 0 radical (unpaired) electrons. The maximum absolute atomic E-state index is 13.9. The summed E-state index contributed by atoms with van der Waals surface area (Å²) in [4.78, 5) is 27.8. The van der Waals surface area contributed by atoms with Gasteiger partial charge in [0.15, 0.2) is 0 Å². The van der Waals surface area contributed by atoms with E-state index in [0.29, 0.717) is 22.8 Å². The number of rotatable bonds is 9. The van der Waals surface area contributed by atoms with E-state index in [2.05, 4.69) is 11.9 Å². The summed E-state index contributed by atoms with van der Waals surface area (Å²) < 4.78 is 72.1. The average Bonchev–Trinajstić information content (AvgIpc) is 3.04. The third-order valence-corrected chi connectivity index (χ3v) is 9.98. The second kappa shape index (κ2) is 14.2. The van der Waals surface area contributed by atoms with Crippen LogP contribution in [0.15, 0.2) is 84.0 Å². The Bertz CT molecular complexity index is 1850. The number of anilines is 1. The summed E-state index contributed by atoms with van der Waals surface area (Å²) in [7, 11) is -0.788. The SMILES string of the molecule is C=C(C)OC(=O)N1CCC(C(O)(Cc2cccc(-c3ccc(S(=O)(=O)N(C)C)cc3)c2)C(=O)Nc2ccc(C#N)c(C(F)(F)F)c2)CC1. The van der Waals surface area contributed by atoms with E-state index < -0.39 is 50.8 Å². The fourth-order valence-electron chi connectivity index (χ4n) is 5.56. The molecule has 14 heteroatoms. The number of halogens is 3. The van der Waals surface area contributed by atoms with E-state index in [9.17, 15) is 36.3 Å². The van der Waals surface area contributed by atoms with Crippen LogP contribution in [0.5, 0.6) is 0 Å². The Kier molecular flexibility index (Phi) is 10.7. The van der Waals surface area contributed by atoms with Crippen molar-refractivity contribution in [3.8, 4) is 17.2 Å². The summed E-state index contributed by atoms with van der Waals surface area (Å²) in [6.45, 7) is 5.37. The Morgan fingerprint density at radius 3 is 2.27 bits per heavy atom. The van der Waals surface area contributed by atoms with Crippen LogP contribution in [0.25, 0.3) is 11.1 Å². The molecule has 0 saturated carbocycles. The van der Waals surface area contributed by atoms with Gasteiger partial charge in [-0.2, -0.15) is 18.4 Å². The van der Waals surface area contributed by atoms with Gasteiger partial charge in [-0.3, -0.25) is 4.79 Å². The standard InChI is InChI=1S/C34H35F3N4O6S/c1-22(2)47-32(43)41-16-14-27(15-17-41)33(44,31(42)39-28-11-8-26(21-38)30(19-28)34(35,36)37)20-23-6-5-7-25(18-23)24-9-12-29(13-10-24)48(45,46)40(3)4/h5-13,18-19,27,44H,1,14-17,20H2,2-4H3,(H,39,42). The number of likely N-dealkylation sites (tertiary alicyclic amines) is 1. The Labute approximate surface area is 277 Å². The number of sulfonamides is 1. The molecule has 0 aliphatic carbocycles. The molecule has 0 aromatic heterocycles. The van der Waals surface area contributed by atoms with Crippen LogP contribution in [0, 0.1) is 17.2 Å². The van der Waals surface area contributed by atoms with Crippen molar-refractivity contribution in [2.45, 2.75) is 42.9 Å². The van der Waals surface area contributed by atoms with Gasteiger partial charge in [0.1, 0.15) is 5.60 Å². The van der Waals surface area contributed by atoms with Gasteiger partial charge in [0, 0.05) is 45.2 Å². The molecule has 1 aliphatic heterocycles. The van der Waals surface area contributed by atoms with Crippen LogP contribution >= 0.6 is 0 Å². The van der Waals surface area contributed by atoms with Crippen molar-refractivity contribution in [3.63, 3.8) is 0 Å². The van der Waals surface area contributed by atoms with E-state index in [1.54, 1.807) is 36.4 Å². The molecule has 0 bridgehead atoms. The zero-order valence-electron chi connectivity index (χ0n) is 26.5. The van der Waals surface area contributed by atoms with E-state index in [-0.39, 0.29) is 48.7 Å². The predicted octanol–water partition coefficient (Wildman–Crippen LogP) is 5.79. The molecule has 3 aromatic rings. The van der Waals surface area contributed by atoms with E-state index in [4.69, 9.17) is 10.00 Å². The normalized spacial score (nSPS) is 15.4. The fourth-order valence-corrected chi connectivity index (χ4v) is 6.46. The number of nitriles is 1. The lowest BCUT2D eigenvalue weighted by atomic mass is 9.76. The summed E-state index contributed by atoms with van der Waals surface area (Å²) in [5.74, 6) is -1.47. The number of allylic oxidation sites excluding steroid dienone is 1. The van der Waals surface area contributed by atoms with Crippen LogP contribution in [-0.4, -0.2) is 67.5 Å². The van der Waals surface area contributed by atoms with Gasteiger partial charge in [-0.1, -0.05) is 43.0 Å². The number of aliphatic hydroxyl groups is 1. The number of nitrogens with one attached hydrogen (secondary N) is 1. The number of carbonyl (C=O) groups excluding carboxylic acids is 2. The summed E-state index contributed by atoms with van der Waals surface area (Å²) in [6.07, 6.45) is -5.36. The lowest BCUT2D eigenvalue weighted by Gasteiger charge is -2.40. The smallest absolute Gasteiger partial charge is 0.416 e. The molecule has 1 saturated heterocycles. The topological polar surface area (TPSA) is 140 Å². The number of benzene rings is 3. The molecule has 0 spiro atoms. The zero-order chi connectivity index (χ0) is 35.4. The highest BCUT2D eigenvalue weighted by molar-refractivity contribution is 7.89. The Morgan fingerprint density at radius 1 is 1.06 bits per heavy atom. The maximum Gasteiger partial charge on any atom is 0.417 e. The van der Waals surface area contributed by atoms with E-state index >= 15 is 0 Å². The first-order chi connectivity index (χ1) is 22.4. The molecule has 2 N–H and O–H groups in total. The minimum absolute atomic E-state index is 0.105. The summed E-state index contributed by atoms with van der Waals surface area (Å²) >= 11 is 0. The van der Waals surface area contributed by atoms with Crippen molar-refractivity contribution in [1.29, 1.82) is 5.26 Å². The number of amides is 2. The van der Waals surface area contributed by atoms with Crippen LogP contribution in [0.3, 0.4) is 0 Å². The molecule has 1 fully saturated rings. The van der Waals surface area contributed by atoms with Crippen LogP contribution in [0.2, 0.25) is 0 Å². The molecule has 4 rings (SSSR count). The number of hydrogen-bond acceptors (Lipinski definition) is 7. The molecule has 3 aromatic carbocycles. The maximum atomic E-state index is 13.9. The summed E-state index contributed by atoms with van der Waals surface area (Å²) in [6, 6.07) is 17.4. The predicted molar refractivity (Wildman–Crippen MR) is 172 cm³/mol. The van der Waals surface area contributed by atoms with Crippen molar-refractivity contribution in [2.24, 2.45) is 5.92 Å². The average molecular weight is 685 g/mol. The summed E-state index contributed by atoms with van der Waals surface area (Å²) in [5.41, 5.74) is -2.38. The first-order valence-electron chi connectivity index (χ1n) is 14.8. The monoisotopic (exact) mass is 684 g/mol. The number of carbonyl (C=O) groups is 2.